The van der Waals surface area contributed by atoms with Gasteiger partial charge in [-0.15, -0.1) is 0 Å². The fraction of sp³-hybridized carbons (Fsp3) is 0.474. The van der Waals surface area contributed by atoms with Crippen LogP contribution in [0, 0.1) is 0 Å². The largest absolute Gasteiger partial charge is 0.309 e. The molecule has 3 heterocycles. The molecule has 1 N–H and O–H groups in total. The lowest BCUT2D eigenvalue weighted by atomic mass is 10.1. The van der Waals surface area contributed by atoms with Crippen molar-refractivity contribution in [2.24, 2.45) is 0 Å². The summed E-state index contributed by atoms with van der Waals surface area (Å²) >= 11 is 0. The maximum atomic E-state index is 12.6. The molecule has 2 aliphatic heterocycles. The zero-order valence-corrected chi connectivity index (χ0v) is 16.0. The Labute approximate surface area is 159 Å². The van der Waals surface area contributed by atoms with Gasteiger partial charge in [-0.2, -0.15) is 9.40 Å². The van der Waals surface area contributed by atoms with Gasteiger partial charge in [-0.1, -0.05) is 12.1 Å². The molecule has 7 nitrogen and oxygen atoms in total. The number of H-pyrrole nitrogens is 1. The van der Waals surface area contributed by atoms with Crippen LogP contribution >= 0.6 is 0 Å². The highest BCUT2D eigenvalue weighted by Crippen LogP contribution is 2.26. The third-order valence-electron chi connectivity index (χ3n) is 5.35. The van der Waals surface area contributed by atoms with E-state index in [1.54, 1.807) is 27.5 Å². The van der Waals surface area contributed by atoms with Crippen LogP contribution in [0.1, 0.15) is 36.9 Å². The van der Waals surface area contributed by atoms with Crippen LogP contribution in [-0.2, 0) is 27.7 Å². The molecule has 0 unspecified atom stereocenters. The van der Waals surface area contributed by atoms with Crippen molar-refractivity contribution in [2.45, 2.75) is 43.4 Å². The molecule has 1 fully saturated rings. The van der Waals surface area contributed by atoms with Crippen molar-refractivity contribution in [3.8, 4) is 0 Å². The first-order valence-electron chi connectivity index (χ1n) is 9.47. The standard InChI is InChI=1S/C19H24N4O3S/c24-19(23-13-3-4-17-18(23)14-20-21-17)10-7-15-5-8-16(9-6-15)27(25,26)22-11-1-2-12-22/h5-6,8-9,14H,1-4,7,10-13H2,(H,20,21). The first kappa shape index (κ1) is 18.2. The summed E-state index contributed by atoms with van der Waals surface area (Å²) in [5.41, 5.74) is 2.87. The lowest BCUT2D eigenvalue weighted by Crippen LogP contribution is -2.35. The van der Waals surface area contributed by atoms with Crippen LogP contribution in [0.5, 0.6) is 0 Å². The number of benzene rings is 1. The fourth-order valence-electron chi connectivity index (χ4n) is 3.81. The lowest BCUT2D eigenvalue weighted by Gasteiger charge is -2.26. The summed E-state index contributed by atoms with van der Waals surface area (Å²) in [6, 6.07) is 6.94. The number of nitrogens with zero attached hydrogens (tertiary/aromatic N) is 3. The highest BCUT2D eigenvalue weighted by Gasteiger charge is 2.27. The van der Waals surface area contributed by atoms with E-state index in [2.05, 4.69) is 10.2 Å². The van der Waals surface area contributed by atoms with E-state index in [1.165, 1.54) is 0 Å². The van der Waals surface area contributed by atoms with Gasteiger partial charge in [-0.25, -0.2) is 8.42 Å². The normalized spacial score (nSPS) is 17.9. The number of aromatic nitrogens is 2. The van der Waals surface area contributed by atoms with E-state index in [0.717, 1.165) is 49.2 Å². The summed E-state index contributed by atoms with van der Waals surface area (Å²) in [7, 11) is -3.38. The monoisotopic (exact) mass is 388 g/mol. The minimum Gasteiger partial charge on any atom is -0.309 e. The molecule has 27 heavy (non-hydrogen) atoms. The average molecular weight is 388 g/mol. The van der Waals surface area contributed by atoms with Gasteiger partial charge in [0.25, 0.3) is 0 Å². The number of amides is 1. The number of carbonyl (C=O) groups is 1. The van der Waals surface area contributed by atoms with E-state index in [-0.39, 0.29) is 5.91 Å². The van der Waals surface area contributed by atoms with Crippen LogP contribution in [-0.4, -0.2) is 48.5 Å². The molecule has 1 aromatic carbocycles. The van der Waals surface area contributed by atoms with Gasteiger partial charge in [0.1, 0.15) is 0 Å². The Kier molecular flexibility index (Phi) is 5.01. The van der Waals surface area contributed by atoms with Gasteiger partial charge in [-0.05, 0) is 49.8 Å². The van der Waals surface area contributed by atoms with E-state index in [1.807, 2.05) is 12.1 Å². The summed E-state index contributed by atoms with van der Waals surface area (Å²) in [5, 5.41) is 7.00. The summed E-state index contributed by atoms with van der Waals surface area (Å²) in [5.74, 6) is 0.0751. The fourth-order valence-corrected chi connectivity index (χ4v) is 5.33. The molecule has 0 spiro atoms. The predicted molar refractivity (Wildman–Crippen MR) is 102 cm³/mol. The number of anilines is 1. The van der Waals surface area contributed by atoms with Gasteiger partial charge < -0.3 is 4.90 Å². The van der Waals surface area contributed by atoms with Crippen molar-refractivity contribution < 1.29 is 13.2 Å². The molecule has 0 radical (unpaired) electrons. The zero-order valence-electron chi connectivity index (χ0n) is 15.2. The highest BCUT2D eigenvalue weighted by atomic mass is 32.2. The van der Waals surface area contributed by atoms with Gasteiger partial charge in [0, 0.05) is 26.1 Å². The molecular formula is C19H24N4O3S. The maximum Gasteiger partial charge on any atom is 0.243 e. The molecule has 0 bridgehead atoms. The van der Waals surface area contributed by atoms with Crippen LogP contribution in [0.15, 0.2) is 35.4 Å². The van der Waals surface area contributed by atoms with Gasteiger partial charge in [-0.3, -0.25) is 9.89 Å². The van der Waals surface area contributed by atoms with E-state index in [4.69, 9.17) is 0 Å². The van der Waals surface area contributed by atoms with Crippen LogP contribution in [0.4, 0.5) is 5.69 Å². The Morgan fingerprint density at radius 1 is 1.07 bits per heavy atom. The Hall–Kier alpha value is -2.19. The second kappa shape index (κ2) is 7.44. The number of fused-ring (bicyclic) bond motifs is 1. The maximum absolute atomic E-state index is 12.6. The highest BCUT2D eigenvalue weighted by molar-refractivity contribution is 7.89. The number of aromatic amines is 1. The molecule has 4 rings (SSSR count). The second-order valence-corrected chi connectivity index (χ2v) is 9.08. The lowest BCUT2D eigenvalue weighted by molar-refractivity contribution is -0.118. The van der Waals surface area contributed by atoms with Gasteiger partial charge >= 0.3 is 0 Å². The van der Waals surface area contributed by atoms with Crippen molar-refractivity contribution in [2.75, 3.05) is 24.5 Å². The van der Waals surface area contributed by atoms with Crippen molar-refractivity contribution in [3.05, 3.63) is 41.7 Å². The Morgan fingerprint density at radius 2 is 1.81 bits per heavy atom. The summed E-state index contributed by atoms with van der Waals surface area (Å²) in [6.07, 6.45) is 6.40. The summed E-state index contributed by atoms with van der Waals surface area (Å²) in [4.78, 5) is 14.7. The van der Waals surface area contributed by atoms with E-state index in [9.17, 15) is 13.2 Å². The van der Waals surface area contributed by atoms with Crippen LogP contribution in [0.25, 0.3) is 0 Å². The van der Waals surface area contributed by atoms with E-state index in [0.29, 0.717) is 30.8 Å². The molecular weight excluding hydrogens is 364 g/mol. The smallest absolute Gasteiger partial charge is 0.243 e. The first-order chi connectivity index (χ1) is 13.1. The average Bonchev–Trinajstić information content (AvgIpc) is 3.38. The first-order valence-corrected chi connectivity index (χ1v) is 10.9. The minimum atomic E-state index is -3.38. The van der Waals surface area contributed by atoms with Crippen LogP contribution in [0.2, 0.25) is 0 Å². The quantitative estimate of drug-likeness (QED) is 0.850. The minimum absolute atomic E-state index is 0.0751. The van der Waals surface area contributed by atoms with Gasteiger partial charge in [0.05, 0.1) is 22.5 Å². The third-order valence-corrected chi connectivity index (χ3v) is 7.26. The molecule has 2 aliphatic rings. The molecule has 0 atom stereocenters. The van der Waals surface area contributed by atoms with Crippen LogP contribution in [0.3, 0.4) is 0 Å². The Morgan fingerprint density at radius 3 is 2.56 bits per heavy atom. The SMILES string of the molecule is O=C(CCc1ccc(S(=O)(=O)N2CCCC2)cc1)N1CCCc2[nH]ncc21. The third kappa shape index (κ3) is 3.64. The number of rotatable bonds is 5. The zero-order chi connectivity index (χ0) is 18.9. The van der Waals surface area contributed by atoms with Gasteiger partial charge in [0.2, 0.25) is 15.9 Å². The summed E-state index contributed by atoms with van der Waals surface area (Å²) < 4.78 is 26.7. The predicted octanol–water partition coefficient (Wildman–Crippen LogP) is 2.11. The molecule has 0 aliphatic carbocycles. The molecule has 0 saturated carbocycles. The van der Waals surface area contributed by atoms with Crippen molar-refractivity contribution >= 4 is 21.6 Å². The molecule has 1 aromatic heterocycles. The topological polar surface area (TPSA) is 86.4 Å². The van der Waals surface area contributed by atoms with E-state index >= 15 is 0 Å². The second-order valence-electron chi connectivity index (χ2n) is 7.14. The molecule has 8 heteroatoms. The van der Waals surface area contributed by atoms with Crippen molar-refractivity contribution in [3.63, 3.8) is 0 Å². The summed E-state index contributed by atoms with van der Waals surface area (Å²) in [6.45, 7) is 1.92. The number of sulfonamides is 1. The number of carbonyl (C=O) groups excluding carboxylic acids is 1. The molecule has 1 amide bonds. The van der Waals surface area contributed by atoms with Crippen molar-refractivity contribution in [1.82, 2.24) is 14.5 Å². The Balaban J connectivity index is 1.39. The van der Waals surface area contributed by atoms with E-state index < -0.39 is 10.0 Å². The number of hydrogen-bond donors (Lipinski definition) is 1. The molecule has 1 saturated heterocycles. The van der Waals surface area contributed by atoms with Gasteiger partial charge in [0.15, 0.2) is 0 Å². The number of aryl methyl sites for hydroxylation is 2. The molecule has 2 aromatic rings. The number of nitrogens with one attached hydrogen (secondary N) is 1. The number of hydrogen-bond acceptors (Lipinski definition) is 4. The van der Waals surface area contributed by atoms with Crippen LogP contribution < -0.4 is 4.90 Å². The molecule has 144 valence electrons. The Bertz CT molecular complexity index is 915. The van der Waals surface area contributed by atoms with Crippen molar-refractivity contribution in [1.29, 1.82) is 0 Å².